The fourth-order valence-corrected chi connectivity index (χ4v) is 6.81. The second kappa shape index (κ2) is 21.5. The number of nitrogens with zero attached hydrogens (tertiary/aromatic N) is 3. The van der Waals surface area contributed by atoms with E-state index in [0.29, 0.717) is 42.7 Å². The van der Waals surface area contributed by atoms with E-state index in [1.54, 1.807) is 0 Å². The van der Waals surface area contributed by atoms with Crippen LogP contribution in [0.3, 0.4) is 0 Å². The maximum absolute atomic E-state index is 5.69. The summed E-state index contributed by atoms with van der Waals surface area (Å²) in [5.74, 6) is 0. The van der Waals surface area contributed by atoms with E-state index in [-0.39, 0.29) is 0 Å². The molecule has 4 aliphatic rings. The van der Waals surface area contributed by atoms with Crippen LogP contribution in [0.4, 0.5) is 0 Å². The third kappa shape index (κ3) is 17.6. The van der Waals surface area contributed by atoms with E-state index in [1.807, 2.05) is 0 Å². The second-order valence-electron chi connectivity index (χ2n) is 14.9. The molecule has 0 N–H and O–H groups in total. The molecular formula is C36H73N3O5. The van der Waals surface area contributed by atoms with Crippen molar-refractivity contribution < 1.29 is 23.7 Å². The Balaban J connectivity index is 0.000000230. The van der Waals surface area contributed by atoms with Crippen molar-refractivity contribution in [1.29, 1.82) is 0 Å². The fourth-order valence-electron chi connectivity index (χ4n) is 6.81. The Morgan fingerprint density at radius 1 is 0.545 bits per heavy atom. The smallest absolute Gasteiger partial charge is 0.0678 e. The highest BCUT2D eigenvalue weighted by molar-refractivity contribution is 5.00. The van der Waals surface area contributed by atoms with Gasteiger partial charge in [-0.15, -0.1) is 0 Å². The van der Waals surface area contributed by atoms with Gasteiger partial charge in [-0.3, -0.25) is 9.80 Å². The highest BCUT2D eigenvalue weighted by atomic mass is 16.5. The van der Waals surface area contributed by atoms with Crippen LogP contribution < -0.4 is 0 Å². The number of rotatable bonds is 15. The van der Waals surface area contributed by atoms with Crippen LogP contribution in [0.1, 0.15) is 108 Å². The first-order valence-electron chi connectivity index (χ1n) is 18.2. The Morgan fingerprint density at radius 2 is 0.864 bits per heavy atom. The zero-order chi connectivity index (χ0) is 32.5. The Hall–Kier alpha value is -0.320. The van der Waals surface area contributed by atoms with Crippen molar-refractivity contribution in [2.75, 3.05) is 78.7 Å². The number of likely N-dealkylation sites (tertiary alicyclic amines) is 1. The first-order chi connectivity index (χ1) is 20.9. The Labute approximate surface area is 272 Å². The van der Waals surface area contributed by atoms with Gasteiger partial charge in [-0.1, -0.05) is 6.42 Å². The van der Waals surface area contributed by atoms with Gasteiger partial charge in [-0.25, -0.2) is 0 Å². The minimum Gasteiger partial charge on any atom is -0.379 e. The van der Waals surface area contributed by atoms with Gasteiger partial charge in [0.15, 0.2) is 0 Å². The van der Waals surface area contributed by atoms with E-state index in [2.05, 4.69) is 83.9 Å². The van der Waals surface area contributed by atoms with Crippen LogP contribution in [0.2, 0.25) is 0 Å². The number of morpholine rings is 2. The summed E-state index contributed by atoms with van der Waals surface area (Å²) >= 11 is 0. The van der Waals surface area contributed by atoms with Gasteiger partial charge >= 0.3 is 0 Å². The predicted molar refractivity (Wildman–Crippen MR) is 183 cm³/mol. The molecule has 0 bridgehead atoms. The van der Waals surface area contributed by atoms with Crippen LogP contribution in [-0.2, 0) is 23.7 Å². The molecule has 0 aromatic rings. The maximum Gasteiger partial charge on any atom is 0.0678 e. The highest BCUT2D eigenvalue weighted by Crippen LogP contribution is 2.47. The second-order valence-corrected chi connectivity index (χ2v) is 14.9. The summed E-state index contributed by atoms with van der Waals surface area (Å²) in [4.78, 5) is 7.54. The zero-order valence-electron chi connectivity index (χ0n) is 30.7. The van der Waals surface area contributed by atoms with Gasteiger partial charge in [-0.2, -0.15) is 0 Å². The van der Waals surface area contributed by atoms with Crippen molar-refractivity contribution in [2.45, 2.75) is 150 Å². The molecule has 4 fully saturated rings. The first-order valence-corrected chi connectivity index (χ1v) is 18.2. The van der Waals surface area contributed by atoms with Crippen molar-refractivity contribution in [1.82, 2.24) is 14.7 Å². The van der Waals surface area contributed by atoms with Crippen LogP contribution in [0, 0.1) is 5.41 Å². The summed E-state index contributed by atoms with van der Waals surface area (Å²) in [6, 6.07) is 0. The average molecular weight is 628 g/mol. The third-order valence-corrected chi connectivity index (χ3v) is 8.73. The van der Waals surface area contributed by atoms with Crippen molar-refractivity contribution in [3.05, 3.63) is 0 Å². The first kappa shape index (κ1) is 39.9. The van der Waals surface area contributed by atoms with Gasteiger partial charge in [0, 0.05) is 78.7 Å². The van der Waals surface area contributed by atoms with E-state index >= 15 is 0 Å². The van der Waals surface area contributed by atoms with E-state index in [0.717, 1.165) is 77.3 Å². The summed E-state index contributed by atoms with van der Waals surface area (Å²) in [7, 11) is 0. The largest absolute Gasteiger partial charge is 0.379 e. The molecule has 0 aromatic carbocycles. The Kier molecular flexibility index (Phi) is 19.5. The summed E-state index contributed by atoms with van der Waals surface area (Å²) < 4.78 is 28.0. The van der Waals surface area contributed by atoms with Gasteiger partial charge in [0.25, 0.3) is 0 Å². The lowest BCUT2D eigenvalue weighted by Gasteiger charge is -2.56. The quantitative estimate of drug-likeness (QED) is 0.202. The Bertz CT molecular complexity index is 654. The van der Waals surface area contributed by atoms with Crippen molar-refractivity contribution in [2.24, 2.45) is 5.41 Å². The average Bonchev–Trinajstić information content (AvgIpc) is 2.86. The molecule has 3 aliphatic heterocycles. The minimum atomic E-state index is 0.354. The van der Waals surface area contributed by atoms with Crippen LogP contribution in [0.25, 0.3) is 0 Å². The van der Waals surface area contributed by atoms with E-state index in [9.17, 15) is 0 Å². The third-order valence-electron chi connectivity index (χ3n) is 8.73. The van der Waals surface area contributed by atoms with Gasteiger partial charge in [0.05, 0.1) is 42.7 Å². The van der Waals surface area contributed by atoms with Crippen LogP contribution in [0.15, 0.2) is 0 Å². The molecule has 44 heavy (non-hydrogen) atoms. The SMILES string of the molecule is CC(C)OCCCN1CC(C)OC(C)C1.CC(C)OCCCN1CC2(CCC2)C1.CC(C)OCCCN1C[C@@H](C)O[C@@H](C)C1. The molecule has 3 heterocycles. The van der Waals surface area contributed by atoms with Gasteiger partial charge in [0.2, 0.25) is 0 Å². The van der Waals surface area contributed by atoms with Crippen LogP contribution in [0.5, 0.6) is 0 Å². The van der Waals surface area contributed by atoms with Crippen molar-refractivity contribution >= 4 is 0 Å². The maximum atomic E-state index is 5.69. The number of hydrogen-bond donors (Lipinski definition) is 0. The molecule has 8 heteroatoms. The molecule has 0 amide bonds. The topological polar surface area (TPSA) is 55.9 Å². The molecule has 3 saturated heterocycles. The van der Waals surface area contributed by atoms with E-state index in [4.69, 9.17) is 23.7 Å². The minimum absolute atomic E-state index is 0.354. The van der Waals surface area contributed by atoms with Gasteiger partial charge in [0.1, 0.15) is 0 Å². The highest BCUT2D eigenvalue weighted by Gasteiger charge is 2.46. The normalized spacial score (nSPS) is 27.5. The molecule has 1 saturated carbocycles. The van der Waals surface area contributed by atoms with Crippen LogP contribution >= 0.6 is 0 Å². The molecule has 1 spiro atoms. The molecule has 0 aromatic heterocycles. The lowest BCUT2D eigenvalue weighted by molar-refractivity contribution is -0.0700. The molecule has 1 aliphatic carbocycles. The molecule has 262 valence electrons. The predicted octanol–water partition coefficient (Wildman–Crippen LogP) is 6.11. The van der Waals surface area contributed by atoms with Crippen molar-refractivity contribution in [3.63, 3.8) is 0 Å². The molecule has 2 unspecified atom stereocenters. The zero-order valence-corrected chi connectivity index (χ0v) is 30.7. The summed E-state index contributed by atoms with van der Waals surface area (Å²) in [5, 5.41) is 0. The molecule has 8 nitrogen and oxygen atoms in total. The lowest BCUT2D eigenvalue weighted by atomic mass is 9.63. The number of ether oxygens (including phenoxy) is 5. The van der Waals surface area contributed by atoms with E-state index in [1.165, 1.54) is 45.3 Å². The van der Waals surface area contributed by atoms with Gasteiger partial charge < -0.3 is 28.6 Å². The van der Waals surface area contributed by atoms with Crippen LogP contribution in [-0.4, -0.2) is 136 Å². The standard InChI is InChI=1S/2C12H25NO2.C12H23NO/c2*1-10(2)14-7-5-6-13-8-11(3)15-12(4)9-13;1-11(2)14-8-4-7-13-9-12(10-13)5-3-6-12/h2*10-12H,5-9H2,1-4H3;11H,3-10H2,1-2H3/t11-,12+;;. The summed E-state index contributed by atoms with van der Waals surface area (Å²) in [5.41, 5.74) is 0.791. The Morgan fingerprint density at radius 3 is 1.14 bits per heavy atom. The van der Waals surface area contributed by atoms with E-state index < -0.39 is 0 Å². The molecule has 4 rings (SSSR count). The molecular weight excluding hydrogens is 554 g/mol. The summed E-state index contributed by atoms with van der Waals surface area (Å²) in [6.07, 6.45) is 10.5. The number of hydrogen-bond acceptors (Lipinski definition) is 8. The summed E-state index contributed by atoms with van der Waals surface area (Å²) in [6.45, 7) is 34.3. The van der Waals surface area contributed by atoms with Crippen molar-refractivity contribution in [3.8, 4) is 0 Å². The molecule has 4 atom stereocenters. The monoisotopic (exact) mass is 628 g/mol. The fraction of sp³-hybridized carbons (Fsp3) is 1.00. The molecule has 0 radical (unpaired) electrons. The lowest BCUT2D eigenvalue weighted by Crippen LogP contribution is -2.59. The van der Waals surface area contributed by atoms with Gasteiger partial charge in [-0.05, 0) is 107 Å².